The Morgan fingerprint density at radius 2 is 1.88 bits per heavy atom. The molecular weight excluding hydrogens is 255 g/mol. The van der Waals surface area contributed by atoms with Crippen molar-refractivity contribution >= 4 is 29.0 Å². The lowest BCUT2D eigenvalue weighted by Crippen LogP contribution is -2.12. The topological polar surface area (TPSA) is 17.1 Å². The van der Waals surface area contributed by atoms with Gasteiger partial charge in [-0.3, -0.25) is 4.79 Å². The second-order valence-electron chi connectivity index (χ2n) is 4.76. The Balaban J connectivity index is 2.03. The van der Waals surface area contributed by atoms with E-state index in [0.717, 1.165) is 0 Å². The van der Waals surface area contributed by atoms with Crippen LogP contribution in [0.5, 0.6) is 0 Å². The molecule has 0 amide bonds. The van der Waals surface area contributed by atoms with Gasteiger partial charge in [-0.15, -0.1) is 0 Å². The van der Waals surface area contributed by atoms with E-state index in [2.05, 4.69) is 0 Å². The maximum Gasteiger partial charge on any atom is 0.164 e. The average molecular weight is 271 g/mol. The van der Waals surface area contributed by atoms with Gasteiger partial charge in [0.15, 0.2) is 5.78 Å². The van der Waals surface area contributed by atoms with Crippen molar-refractivity contribution in [2.45, 2.75) is 38.5 Å². The van der Waals surface area contributed by atoms with Crippen LogP contribution in [0.3, 0.4) is 0 Å². The van der Waals surface area contributed by atoms with E-state index in [4.69, 9.17) is 23.2 Å². The SMILES string of the molecule is O=C(CC1CCCCC1)c1ccc(Cl)cc1Cl. The van der Waals surface area contributed by atoms with Gasteiger partial charge < -0.3 is 0 Å². The number of carbonyl (C=O) groups excluding carboxylic acids is 1. The molecule has 0 unspecified atom stereocenters. The number of hydrogen-bond donors (Lipinski definition) is 0. The normalized spacial score (nSPS) is 17.1. The van der Waals surface area contributed by atoms with E-state index < -0.39 is 0 Å². The Labute approximate surface area is 112 Å². The number of benzene rings is 1. The molecule has 1 aliphatic rings. The molecule has 0 saturated heterocycles. The van der Waals surface area contributed by atoms with Crippen LogP contribution in [0.2, 0.25) is 10.0 Å². The summed E-state index contributed by atoms with van der Waals surface area (Å²) in [5, 5.41) is 1.04. The number of ketones is 1. The van der Waals surface area contributed by atoms with Crippen LogP contribution in [0.25, 0.3) is 0 Å². The molecule has 2 rings (SSSR count). The van der Waals surface area contributed by atoms with Gasteiger partial charge in [-0.25, -0.2) is 0 Å². The largest absolute Gasteiger partial charge is 0.294 e. The van der Waals surface area contributed by atoms with E-state index in [1.165, 1.54) is 32.1 Å². The van der Waals surface area contributed by atoms with Crippen molar-refractivity contribution in [3.05, 3.63) is 33.8 Å². The molecule has 0 spiro atoms. The van der Waals surface area contributed by atoms with Crippen LogP contribution in [0.15, 0.2) is 18.2 Å². The third-order valence-corrected chi connectivity index (χ3v) is 3.98. The second-order valence-corrected chi connectivity index (χ2v) is 5.60. The molecule has 1 aromatic rings. The molecule has 0 atom stereocenters. The first kappa shape index (κ1) is 12.9. The number of Topliss-reactive ketones (excluding diaryl/α,β-unsaturated/α-hetero) is 1. The molecule has 1 aromatic carbocycles. The highest BCUT2D eigenvalue weighted by Gasteiger charge is 2.19. The van der Waals surface area contributed by atoms with E-state index in [9.17, 15) is 4.79 Å². The molecule has 0 heterocycles. The van der Waals surface area contributed by atoms with Crippen LogP contribution < -0.4 is 0 Å². The van der Waals surface area contributed by atoms with Gasteiger partial charge in [-0.05, 0) is 24.1 Å². The van der Waals surface area contributed by atoms with Crippen molar-refractivity contribution in [2.75, 3.05) is 0 Å². The maximum atomic E-state index is 12.1. The summed E-state index contributed by atoms with van der Waals surface area (Å²) in [6, 6.07) is 5.09. The highest BCUT2D eigenvalue weighted by Crippen LogP contribution is 2.29. The molecule has 0 aromatic heterocycles. The molecular formula is C14H16Cl2O. The first-order chi connectivity index (χ1) is 8.16. The summed E-state index contributed by atoms with van der Waals surface area (Å²) in [4.78, 5) is 12.1. The summed E-state index contributed by atoms with van der Waals surface area (Å²) in [7, 11) is 0. The van der Waals surface area contributed by atoms with Crippen LogP contribution in [0, 0.1) is 5.92 Å². The summed E-state index contributed by atoms with van der Waals surface area (Å²) >= 11 is 11.9. The fourth-order valence-corrected chi connectivity index (χ4v) is 2.99. The van der Waals surface area contributed by atoms with Gasteiger partial charge in [0.25, 0.3) is 0 Å². The van der Waals surface area contributed by atoms with Crippen molar-refractivity contribution in [3.63, 3.8) is 0 Å². The van der Waals surface area contributed by atoms with E-state index >= 15 is 0 Å². The average Bonchev–Trinajstić information content (AvgIpc) is 2.30. The number of hydrogen-bond acceptors (Lipinski definition) is 1. The molecule has 92 valence electrons. The minimum absolute atomic E-state index is 0.151. The second kappa shape index (κ2) is 5.88. The van der Waals surface area contributed by atoms with Crippen molar-refractivity contribution in [3.8, 4) is 0 Å². The monoisotopic (exact) mass is 270 g/mol. The summed E-state index contributed by atoms with van der Waals surface area (Å²) in [5.41, 5.74) is 0.613. The smallest absolute Gasteiger partial charge is 0.164 e. The first-order valence-corrected chi connectivity index (χ1v) is 6.90. The van der Waals surface area contributed by atoms with Crippen LogP contribution in [0.1, 0.15) is 48.9 Å². The number of halogens is 2. The van der Waals surface area contributed by atoms with E-state index in [0.29, 0.717) is 27.9 Å². The third kappa shape index (κ3) is 3.46. The van der Waals surface area contributed by atoms with Crippen molar-refractivity contribution in [2.24, 2.45) is 5.92 Å². The minimum Gasteiger partial charge on any atom is -0.294 e. The molecule has 1 aliphatic carbocycles. The van der Waals surface area contributed by atoms with Gasteiger partial charge in [-0.1, -0.05) is 55.3 Å². The van der Waals surface area contributed by atoms with Crippen molar-refractivity contribution in [1.29, 1.82) is 0 Å². The summed E-state index contributed by atoms with van der Waals surface area (Å²) < 4.78 is 0. The first-order valence-electron chi connectivity index (χ1n) is 6.15. The predicted molar refractivity (Wildman–Crippen MR) is 72.0 cm³/mol. The molecule has 3 heteroatoms. The van der Waals surface area contributed by atoms with Crippen molar-refractivity contribution in [1.82, 2.24) is 0 Å². The molecule has 0 radical (unpaired) electrons. The van der Waals surface area contributed by atoms with Gasteiger partial charge in [-0.2, -0.15) is 0 Å². The van der Waals surface area contributed by atoms with Crippen LogP contribution >= 0.6 is 23.2 Å². The number of carbonyl (C=O) groups is 1. The van der Waals surface area contributed by atoms with Crippen molar-refractivity contribution < 1.29 is 4.79 Å². The Morgan fingerprint density at radius 3 is 2.53 bits per heavy atom. The molecule has 0 bridgehead atoms. The van der Waals surface area contributed by atoms with Gasteiger partial charge >= 0.3 is 0 Å². The maximum absolute atomic E-state index is 12.1. The Kier molecular flexibility index (Phi) is 4.47. The summed E-state index contributed by atoms with van der Waals surface area (Å²) in [5.74, 6) is 0.696. The van der Waals surface area contributed by atoms with Gasteiger partial charge in [0.05, 0.1) is 5.02 Å². The highest BCUT2D eigenvalue weighted by molar-refractivity contribution is 6.36. The van der Waals surface area contributed by atoms with E-state index in [1.807, 2.05) is 0 Å². The molecule has 1 fully saturated rings. The van der Waals surface area contributed by atoms with E-state index in [1.54, 1.807) is 18.2 Å². The third-order valence-electron chi connectivity index (χ3n) is 3.43. The van der Waals surface area contributed by atoms with Crippen LogP contribution in [0.4, 0.5) is 0 Å². The zero-order valence-electron chi connectivity index (χ0n) is 9.72. The summed E-state index contributed by atoms with van der Waals surface area (Å²) in [6.45, 7) is 0. The lowest BCUT2D eigenvalue weighted by atomic mass is 9.85. The zero-order chi connectivity index (χ0) is 12.3. The molecule has 1 saturated carbocycles. The molecule has 0 aliphatic heterocycles. The number of rotatable bonds is 3. The van der Waals surface area contributed by atoms with Crippen LogP contribution in [-0.4, -0.2) is 5.78 Å². The summed E-state index contributed by atoms with van der Waals surface area (Å²) in [6.07, 6.45) is 6.81. The molecule has 1 nitrogen and oxygen atoms in total. The highest BCUT2D eigenvalue weighted by atomic mass is 35.5. The lowest BCUT2D eigenvalue weighted by Gasteiger charge is -2.20. The predicted octanol–water partition coefficient (Wildman–Crippen LogP) is 5.15. The van der Waals surface area contributed by atoms with Gasteiger partial charge in [0, 0.05) is 17.0 Å². The van der Waals surface area contributed by atoms with Gasteiger partial charge in [0.2, 0.25) is 0 Å². The Morgan fingerprint density at radius 1 is 1.18 bits per heavy atom. The molecule has 17 heavy (non-hydrogen) atoms. The fourth-order valence-electron chi connectivity index (χ4n) is 2.48. The lowest BCUT2D eigenvalue weighted by molar-refractivity contribution is 0.0950. The van der Waals surface area contributed by atoms with Crippen LogP contribution in [-0.2, 0) is 0 Å². The van der Waals surface area contributed by atoms with E-state index in [-0.39, 0.29) is 5.78 Å². The van der Waals surface area contributed by atoms with Gasteiger partial charge in [0.1, 0.15) is 0 Å². The Bertz CT molecular complexity index is 409. The zero-order valence-corrected chi connectivity index (χ0v) is 11.2. The minimum atomic E-state index is 0.151. The Hall–Kier alpha value is -0.530. The fraction of sp³-hybridized carbons (Fsp3) is 0.500. The molecule has 0 N–H and O–H groups in total. The standard InChI is InChI=1S/C14H16Cl2O/c15-11-6-7-12(13(16)9-11)14(17)8-10-4-2-1-3-5-10/h6-7,9-10H,1-5,8H2. The quantitative estimate of drug-likeness (QED) is 0.695.